The number of hydrogen-bond acceptors (Lipinski definition) is 6. The first-order chi connectivity index (χ1) is 14.6. The Morgan fingerprint density at radius 3 is 2.33 bits per heavy atom. The van der Waals surface area contributed by atoms with Crippen LogP contribution in [0.25, 0.3) is 0 Å². The lowest BCUT2D eigenvalue weighted by molar-refractivity contribution is -0.00944. The van der Waals surface area contributed by atoms with E-state index in [4.69, 9.17) is 19.6 Å². The molecular weight excluding hydrogens is 398 g/mol. The van der Waals surface area contributed by atoms with Gasteiger partial charge in [0.2, 0.25) is 0 Å². The topological polar surface area (TPSA) is 66.2 Å². The molecule has 4 aliphatic carbocycles. The molecule has 1 aromatic heterocycles. The van der Waals surface area contributed by atoms with Crippen LogP contribution in [0.15, 0.2) is 23.4 Å². The lowest BCUT2D eigenvalue weighted by Crippen LogP contribution is -2.49. The monoisotopic (exact) mass is 425 g/mol. The summed E-state index contributed by atoms with van der Waals surface area (Å²) < 4.78 is 12.4. The predicted octanol–water partition coefficient (Wildman–Crippen LogP) is 4.64. The Morgan fingerprint density at radius 2 is 1.70 bits per heavy atom. The molecule has 158 valence electrons. The second-order valence-electron chi connectivity index (χ2n) is 9.65. The molecule has 30 heavy (non-hydrogen) atoms. The number of aromatic nitrogens is 3. The maximum Gasteiger partial charge on any atom is 0.250 e. The van der Waals surface area contributed by atoms with Crippen LogP contribution in [-0.4, -0.2) is 34.9 Å². The fourth-order valence-electron chi connectivity index (χ4n) is 6.80. The molecule has 1 aliphatic heterocycles. The Bertz CT molecular complexity index is 982. The highest BCUT2D eigenvalue weighted by Gasteiger charge is 2.54. The van der Waals surface area contributed by atoms with Gasteiger partial charge in [0.15, 0.2) is 22.5 Å². The summed E-state index contributed by atoms with van der Waals surface area (Å²) in [4.78, 5) is 18.0. The van der Waals surface area contributed by atoms with Gasteiger partial charge in [0.1, 0.15) is 0 Å². The van der Waals surface area contributed by atoms with Crippen LogP contribution in [0.1, 0.15) is 66.4 Å². The van der Waals surface area contributed by atoms with Gasteiger partial charge in [-0.2, -0.15) is 4.68 Å². The molecule has 4 bridgehead atoms. The first-order valence-corrected chi connectivity index (χ1v) is 11.8. The third-order valence-electron chi connectivity index (χ3n) is 7.71. The van der Waals surface area contributed by atoms with Crippen molar-refractivity contribution in [1.29, 1.82) is 0 Å². The lowest BCUT2D eigenvalue weighted by Gasteiger charge is -2.55. The third-order valence-corrected chi connectivity index (χ3v) is 8.91. The number of carbonyl (C=O) groups excluding carboxylic acids is 1. The van der Waals surface area contributed by atoms with Crippen LogP contribution in [0.4, 0.5) is 0 Å². The average Bonchev–Trinajstić information content (AvgIpc) is 3.18. The van der Waals surface area contributed by atoms with Crippen LogP contribution < -0.4 is 9.47 Å². The van der Waals surface area contributed by atoms with Gasteiger partial charge in [-0.3, -0.25) is 4.79 Å². The number of thioether (sulfide) groups is 1. The van der Waals surface area contributed by atoms with Crippen molar-refractivity contribution in [1.82, 2.24) is 14.8 Å². The van der Waals surface area contributed by atoms with Crippen molar-refractivity contribution in [3.05, 3.63) is 29.6 Å². The van der Waals surface area contributed by atoms with E-state index >= 15 is 0 Å². The smallest absolute Gasteiger partial charge is 0.250 e. The Hall–Kier alpha value is -2.02. The van der Waals surface area contributed by atoms with Crippen molar-refractivity contribution in [2.75, 3.05) is 14.2 Å². The number of fused-ring (bicyclic) bond motifs is 1. The van der Waals surface area contributed by atoms with Gasteiger partial charge in [0, 0.05) is 17.1 Å². The Morgan fingerprint density at radius 1 is 1.03 bits per heavy atom. The summed E-state index contributed by atoms with van der Waals surface area (Å²) in [6.45, 7) is 0. The minimum atomic E-state index is 0.0122. The molecule has 4 saturated carbocycles. The van der Waals surface area contributed by atoms with Crippen molar-refractivity contribution < 1.29 is 14.3 Å². The highest BCUT2D eigenvalue weighted by molar-refractivity contribution is 7.99. The lowest BCUT2D eigenvalue weighted by atomic mass is 9.49. The molecule has 2 aromatic rings. The molecule has 4 fully saturated rings. The van der Waals surface area contributed by atoms with Crippen LogP contribution in [0.2, 0.25) is 0 Å². The van der Waals surface area contributed by atoms with Crippen LogP contribution in [0.5, 0.6) is 11.5 Å². The zero-order chi connectivity index (χ0) is 20.5. The highest BCUT2D eigenvalue weighted by Crippen LogP contribution is 2.60. The van der Waals surface area contributed by atoms with Crippen LogP contribution in [0.3, 0.4) is 0 Å². The molecule has 6 nitrogen and oxygen atoms in total. The third kappa shape index (κ3) is 2.81. The molecule has 5 aliphatic rings. The molecule has 1 atom stereocenters. The Labute approximate surface area is 180 Å². The van der Waals surface area contributed by atoms with Gasteiger partial charge < -0.3 is 9.47 Å². The quantitative estimate of drug-likeness (QED) is 0.711. The number of carbonyl (C=O) groups is 1. The van der Waals surface area contributed by atoms with Crippen molar-refractivity contribution >= 4 is 17.7 Å². The number of ether oxygens (including phenoxy) is 2. The SMILES string of the molecule is COc1ccc([C@@H]2CC(=O)n3nc(C45CC6CC(CC(C6)C4)C5)nc3S2)cc1OC. The molecule has 0 unspecified atom stereocenters. The molecule has 0 amide bonds. The van der Waals surface area contributed by atoms with Crippen molar-refractivity contribution in [2.45, 2.75) is 60.8 Å². The van der Waals surface area contributed by atoms with E-state index in [9.17, 15) is 4.79 Å². The summed E-state index contributed by atoms with van der Waals surface area (Å²) in [5.74, 6) is 4.85. The van der Waals surface area contributed by atoms with Crippen molar-refractivity contribution in [3.8, 4) is 11.5 Å². The summed E-state index contributed by atoms with van der Waals surface area (Å²) in [6.07, 6.45) is 8.21. The van der Waals surface area contributed by atoms with Gasteiger partial charge in [-0.15, -0.1) is 5.10 Å². The second-order valence-corrected chi connectivity index (χ2v) is 10.8. The van der Waals surface area contributed by atoms with Gasteiger partial charge in [0.25, 0.3) is 5.91 Å². The fraction of sp³-hybridized carbons (Fsp3) is 0.609. The average molecular weight is 426 g/mol. The number of rotatable bonds is 4. The summed E-state index contributed by atoms with van der Waals surface area (Å²) >= 11 is 1.64. The number of benzene rings is 1. The van der Waals surface area contributed by atoms with Gasteiger partial charge in [-0.1, -0.05) is 17.8 Å². The van der Waals surface area contributed by atoms with E-state index in [0.717, 1.165) is 34.3 Å². The van der Waals surface area contributed by atoms with E-state index in [1.165, 1.54) is 38.5 Å². The Balaban J connectivity index is 1.31. The van der Waals surface area contributed by atoms with E-state index < -0.39 is 0 Å². The molecule has 0 radical (unpaired) electrons. The first kappa shape index (κ1) is 18.7. The molecule has 7 heteroatoms. The summed E-state index contributed by atoms with van der Waals surface area (Å²) in [6, 6.07) is 5.88. The van der Waals surface area contributed by atoms with E-state index in [1.54, 1.807) is 30.7 Å². The van der Waals surface area contributed by atoms with E-state index in [2.05, 4.69) is 0 Å². The summed E-state index contributed by atoms with van der Waals surface area (Å²) in [5.41, 5.74) is 1.16. The number of methoxy groups -OCH3 is 2. The van der Waals surface area contributed by atoms with Gasteiger partial charge in [-0.05, 0) is 74.0 Å². The standard InChI is InChI=1S/C23H27N3O3S/c1-28-17-4-3-16(8-18(17)29-2)19-9-20(27)26-22(30-19)24-21(25-26)23-10-13-5-14(11-23)7-15(6-13)12-23/h3-4,8,13-15,19H,5-7,9-12H2,1-2H3/t13?,14?,15?,19-,23?/m0/s1. The molecule has 0 spiro atoms. The predicted molar refractivity (Wildman–Crippen MR) is 113 cm³/mol. The maximum atomic E-state index is 13.0. The van der Waals surface area contributed by atoms with Crippen LogP contribution >= 0.6 is 11.8 Å². The molecule has 7 rings (SSSR count). The van der Waals surface area contributed by atoms with E-state index in [0.29, 0.717) is 17.9 Å². The molecule has 2 heterocycles. The molecule has 1 aromatic carbocycles. The van der Waals surface area contributed by atoms with Crippen molar-refractivity contribution in [2.24, 2.45) is 17.8 Å². The van der Waals surface area contributed by atoms with E-state index in [-0.39, 0.29) is 16.6 Å². The summed E-state index contributed by atoms with van der Waals surface area (Å²) in [7, 11) is 3.26. The van der Waals surface area contributed by atoms with Gasteiger partial charge >= 0.3 is 0 Å². The normalized spacial score (nSPS) is 34.1. The minimum absolute atomic E-state index is 0.0122. The molecular formula is C23H27N3O3S. The molecule has 0 saturated heterocycles. The van der Waals surface area contributed by atoms with Crippen LogP contribution in [0, 0.1) is 17.8 Å². The van der Waals surface area contributed by atoms with Crippen molar-refractivity contribution in [3.63, 3.8) is 0 Å². The van der Waals surface area contributed by atoms with Gasteiger partial charge in [-0.25, -0.2) is 4.98 Å². The van der Waals surface area contributed by atoms with Crippen LogP contribution in [-0.2, 0) is 5.41 Å². The number of nitrogens with zero attached hydrogens (tertiary/aromatic N) is 3. The Kier molecular flexibility index (Phi) is 4.21. The number of hydrogen-bond donors (Lipinski definition) is 0. The minimum Gasteiger partial charge on any atom is -0.493 e. The summed E-state index contributed by atoms with van der Waals surface area (Å²) in [5, 5.41) is 5.56. The fourth-order valence-corrected chi connectivity index (χ4v) is 7.94. The zero-order valence-electron chi connectivity index (χ0n) is 17.5. The second kappa shape index (κ2) is 6.74. The zero-order valence-corrected chi connectivity index (χ0v) is 18.3. The molecule has 0 N–H and O–H groups in total. The van der Waals surface area contributed by atoms with E-state index in [1.807, 2.05) is 18.2 Å². The maximum absolute atomic E-state index is 13.0. The highest BCUT2D eigenvalue weighted by atomic mass is 32.2. The first-order valence-electron chi connectivity index (χ1n) is 11.0. The van der Waals surface area contributed by atoms with Gasteiger partial charge in [0.05, 0.1) is 14.2 Å². The largest absolute Gasteiger partial charge is 0.493 e.